The first-order valence-electron chi connectivity index (χ1n) is 5.78. The summed E-state index contributed by atoms with van der Waals surface area (Å²) in [5.41, 5.74) is 1.21. The molecule has 1 N–H and O–H groups in total. The van der Waals surface area contributed by atoms with E-state index in [0.717, 1.165) is 29.7 Å². The van der Waals surface area contributed by atoms with Crippen molar-refractivity contribution < 1.29 is 4.74 Å². The van der Waals surface area contributed by atoms with E-state index in [1.807, 2.05) is 13.1 Å². The first-order valence-corrected chi connectivity index (χ1v) is 6.57. The summed E-state index contributed by atoms with van der Waals surface area (Å²) in [6.07, 6.45) is 2.25. The minimum Gasteiger partial charge on any atom is -0.493 e. The molecule has 0 radical (unpaired) electrons. The van der Waals surface area contributed by atoms with Crippen molar-refractivity contribution in [1.29, 1.82) is 0 Å². The zero-order chi connectivity index (χ0) is 12.0. The van der Waals surface area contributed by atoms with Crippen LogP contribution in [0.1, 0.15) is 38.3 Å². The second-order valence-corrected chi connectivity index (χ2v) is 4.81. The Bertz CT molecular complexity index is 328. The highest BCUT2D eigenvalue weighted by atomic mass is 79.9. The van der Waals surface area contributed by atoms with E-state index in [9.17, 15) is 0 Å². The zero-order valence-electron chi connectivity index (χ0n) is 10.2. The molecule has 0 amide bonds. The lowest BCUT2D eigenvalue weighted by Crippen LogP contribution is -2.14. The van der Waals surface area contributed by atoms with Crippen LogP contribution in [0.25, 0.3) is 0 Å². The van der Waals surface area contributed by atoms with Crippen molar-refractivity contribution in [3.8, 4) is 5.75 Å². The maximum Gasteiger partial charge on any atom is 0.125 e. The van der Waals surface area contributed by atoms with Gasteiger partial charge in [-0.2, -0.15) is 0 Å². The predicted molar refractivity (Wildman–Crippen MR) is 72.0 cm³/mol. The van der Waals surface area contributed by atoms with Gasteiger partial charge in [-0.1, -0.05) is 35.3 Å². The van der Waals surface area contributed by atoms with E-state index >= 15 is 0 Å². The molecule has 0 aromatic heterocycles. The number of halogens is 1. The standard InChI is InChI=1S/C13H20BrNO/c1-4-5-8-16-13-9-11(14)6-7-12(13)10(2)15-3/h6-7,9-10,15H,4-5,8H2,1-3H3. The van der Waals surface area contributed by atoms with E-state index < -0.39 is 0 Å². The molecule has 1 aromatic rings. The molecule has 3 heteroatoms. The monoisotopic (exact) mass is 285 g/mol. The number of nitrogens with one attached hydrogen (secondary N) is 1. The Morgan fingerprint density at radius 3 is 2.81 bits per heavy atom. The summed E-state index contributed by atoms with van der Waals surface area (Å²) in [5.74, 6) is 0.977. The van der Waals surface area contributed by atoms with Gasteiger partial charge in [0.1, 0.15) is 5.75 Å². The number of hydrogen-bond acceptors (Lipinski definition) is 2. The minimum atomic E-state index is 0.310. The van der Waals surface area contributed by atoms with Crippen LogP contribution in [0, 0.1) is 0 Å². The second-order valence-electron chi connectivity index (χ2n) is 3.89. The quantitative estimate of drug-likeness (QED) is 0.801. The molecule has 90 valence electrons. The van der Waals surface area contributed by atoms with Gasteiger partial charge in [0.15, 0.2) is 0 Å². The molecule has 0 bridgehead atoms. The summed E-state index contributed by atoms with van der Waals surface area (Å²) in [7, 11) is 1.96. The smallest absolute Gasteiger partial charge is 0.125 e. The molecule has 1 atom stereocenters. The van der Waals surface area contributed by atoms with Gasteiger partial charge in [0.05, 0.1) is 6.61 Å². The molecule has 1 rings (SSSR count). The van der Waals surface area contributed by atoms with Crippen molar-refractivity contribution >= 4 is 15.9 Å². The van der Waals surface area contributed by atoms with Gasteiger partial charge in [-0.25, -0.2) is 0 Å². The third kappa shape index (κ3) is 3.80. The van der Waals surface area contributed by atoms with Crippen molar-refractivity contribution in [2.45, 2.75) is 32.7 Å². The topological polar surface area (TPSA) is 21.3 Å². The normalized spacial score (nSPS) is 12.5. The van der Waals surface area contributed by atoms with Gasteiger partial charge in [-0.3, -0.25) is 0 Å². The molecule has 1 unspecified atom stereocenters. The third-order valence-corrected chi connectivity index (χ3v) is 3.12. The molecule has 16 heavy (non-hydrogen) atoms. The highest BCUT2D eigenvalue weighted by Gasteiger charge is 2.10. The van der Waals surface area contributed by atoms with Crippen LogP contribution in [0.2, 0.25) is 0 Å². The molecule has 2 nitrogen and oxygen atoms in total. The molecule has 0 heterocycles. The molecule has 1 aromatic carbocycles. The molecule has 0 aliphatic carbocycles. The average Bonchev–Trinajstić information content (AvgIpc) is 2.29. The van der Waals surface area contributed by atoms with E-state index in [2.05, 4.69) is 47.2 Å². The summed E-state index contributed by atoms with van der Waals surface area (Å²) in [5, 5.41) is 3.24. The first-order chi connectivity index (χ1) is 7.69. The Morgan fingerprint density at radius 2 is 2.19 bits per heavy atom. The van der Waals surface area contributed by atoms with Crippen molar-refractivity contribution in [3.05, 3.63) is 28.2 Å². The van der Waals surface area contributed by atoms with Gasteiger partial charge in [0.25, 0.3) is 0 Å². The van der Waals surface area contributed by atoms with Gasteiger partial charge < -0.3 is 10.1 Å². The Labute approximate surface area is 107 Å². The van der Waals surface area contributed by atoms with Gasteiger partial charge in [0, 0.05) is 16.1 Å². The first kappa shape index (κ1) is 13.5. The molecule has 0 aliphatic heterocycles. The molecule has 0 saturated heterocycles. The van der Waals surface area contributed by atoms with Crippen LogP contribution < -0.4 is 10.1 Å². The molecular formula is C13H20BrNO. The predicted octanol–water partition coefficient (Wildman–Crippen LogP) is 3.91. The molecule has 0 fully saturated rings. The van der Waals surface area contributed by atoms with Crippen molar-refractivity contribution in [2.75, 3.05) is 13.7 Å². The van der Waals surface area contributed by atoms with Crippen LogP contribution in [-0.4, -0.2) is 13.7 Å². The van der Waals surface area contributed by atoms with Crippen molar-refractivity contribution in [2.24, 2.45) is 0 Å². The summed E-state index contributed by atoms with van der Waals surface area (Å²) < 4.78 is 6.87. The second kappa shape index (κ2) is 6.92. The minimum absolute atomic E-state index is 0.310. The Hall–Kier alpha value is -0.540. The van der Waals surface area contributed by atoms with Crippen molar-refractivity contribution in [3.63, 3.8) is 0 Å². The molecule has 0 aliphatic rings. The number of ether oxygens (including phenoxy) is 1. The summed E-state index contributed by atoms with van der Waals surface area (Å²) >= 11 is 3.48. The highest BCUT2D eigenvalue weighted by molar-refractivity contribution is 9.10. The third-order valence-electron chi connectivity index (χ3n) is 2.63. The SMILES string of the molecule is CCCCOc1cc(Br)ccc1C(C)NC. The van der Waals surface area contributed by atoms with Crippen LogP contribution in [0.15, 0.2) is 22.7 Å². The number of unbranched alkanes of at least 4 members (excludes halogenated alkanes) is 1. The van der Waals surface area contributed by atoms with E-state index in [-0.39, 0.29) is 0 Å². The zero-order valence-corrected chi connectivity index (χ0v) is 11.8. The summed E-state index contributed by atoms with van der Waals surface area (Å²) in [4.78, 5) is 0. The Kier molecular flexibility index (Phi) is 5.85. The van der Waals surface area contributed by atoms with Crippen LogP contribution in [0.3, 0.4) is 0 Å². The van der Waals surface area contributed by atoms with E-state index in [1.54, 1.807) is 0 Å². The fourth-order valence-corrected chi connectivity index (χ4v) is 1.81. The van der Waals surface area contributed by atoms with E-state index in [0.29, 0.717) is 6.04 Å². The Morgan fingerprint density at radius 1 is 1.44 bits per heavy atom. The van der Waals surface area contributed by atoms with Crippen LogP contribution in [0.5, 0.6) is 5.75 Å². The van der Waals surface area contributed by atoms with Gasteiger partial charge >= 0.3 is 0 Å². The highest BCUT2D eigenvalue weighted by Crippen LogP contribution is 2.28. The lowest BCUT2D eigenvalue weighted by atomic mass is 10.1. The largest absolute Gasteiger partial charge is 0.493 e. The van der Waals surface area contributed by atoms with E-state index in [4.69, 9.17) is 4.74 Å². The maximum absolute atomic E-state index is 5.81. The lowest BCUT2D eigenvalue weighted by Gasteiger charge is -2.16. The van der Waals surface area contributed by atoms with Crippen LogP contribution >= 0.6 is 15.9 Å². The molecule has 0 saturated carbocycles. The van der Waals surface area contributed by atoms with E-state index in [1.165, 1.54) is 5.56 Å². The lowest BCUT2D eigenvalue weighted by molar-refractivity contribution is 0.303. The molecule has 0 spiro atoms. The van der Waals surface area contributed by atoms with Crippen LogP contribution in [0.4, 0.5) is 0 Å². The molecular weight excluding hydrogens is 266 g/mol. The fraction of sp³-hybridized carbons (Fsp3) is 0.538. The maximum atomic E-state index is 5.81. The summed E-state index contributed by atoms with van der Waals surface area (Å²) in [6.45, 7) is 5.09. The number of hydrogen-bond donors (Lipinski definition) is 1. The van der Waals surface area contributed by atoms with Gasteiger partial charge in [-0.05, 0) is 32.5 Å². The van der Waals surface area contributed by atoms with Crippen molar-refractivity contribution in [1.82, 2.24) is 5.32 Å². The average molecular weight is 286 g/mol. The number of benzene rings is 1. The Balaban J connectivity index is 2.81. The fourth-order valence-electron chi connectivity index (χ4n) is 1.47. The number of rotatable bonds is 6. The van der Waals surface area contributed by atoms with Crippen LogP contribution in [-0.2, 0) is 0 Å². The summed E-state index contributed by atoms with van der Waals surface area (Å²) in [6, 6.07) is 6.51. The van der Waals surface area contributed by atoms with Gasteiger partial charge in [0.2, 0.25) is 0 Å². The van der Waals surface area contributed by atoms with Gasteiger partial charge in [-0.15, -0.1) is 0 Å².